The van der Waals surface area contributed by atoms with Crippen LogP contribution in [-0.4, -0.2) is 59.8 Å². The van der Waals surface area contributed by atoms with Crippen molar-refractivity contribution in [3.63, 3.8) is 0 Å². The van der Waals surface area contributed by atoms with Crippen molar-refractivity contribution in [2.75, 3.05) is 39.3 Å². The van der Waals surface area contributed by atoms with Gasteiger partial charge < -0.3 is 9.30 Å². The van der Waals surface area contributed by atoms with Gasteiger partial charge in [0.25, 0.3) is 0 Å². The maximum Gasteiger partial charge on any atom is 0.0674 e. The highest BCUT2D eigenvalue weighted by molar-refractivity contribution is 5.12. The van der Waals surface area contributed by atoms with Crippen LogP contribution in [-0.2, 0) is 11.8 Å². The van der Waals surface area contributed by atoms with Gasteiger partial charge in [-0.05, 0) is 38.4 Å². The van der Waals surface area contributed by atoms with Crippen LogP contribution in [0, 0.1) is 0 Å². The molecule has 2 saturated heterocycles. The van der Waals surface area contributed by atoms with Gasteiger partial charge in [0.05, 0.1) is 18.8 Å². The van der Waals surface area contributed by atoms with Crippen LogP contribution in [0.3, 0.4) is 0 Å². The first kappa shape index (κ1) is 15.1. The molecule has 2 aliphatic heterocycles. The third-order valence-electron chi connectivity index (χ3n) is 4.97. The fourth-order valence-corrected chi connectivity index (χ4v) is 3.78. The van der Waals surface area contributed by atoms with Gasteiger partial charge in [0.1, 0.15) is 0 Å². The molecular weight excluding hydrogens is 262 g/mol. The molecule has 0 spiro atoms. The van der Waals surface area contributed by atoms with Crippen molar-refractivity contribution in [2.45, 2.75) is 38.3 Å². The number of ether oxygens (including phenoxy) is 1. The predicted octanol–water partition coefficient (Wildman–Crippen LogP) is 2.27. The summed E-state index contributed by atoms with van der Waals surface area (Å²) in [5, 5.41) is 0. The van der Waals surface area contributed by atoms with Crippen LogP contribution >= 0.6 is 0 Å². The fourth-order valence-electron chi connectivity index (χ4n) is 3.78. The minimum absolute atomic E-state index is 0.392. The van der Waals surface area contributed by atoms with Gasteiger partial charge in [0.2, 0.25) is 0 Å². The average Bonchev–Trinajstić information content (AvgIpc) is 2.91. The molecule has 21 heavy (non-hydrogen) atoms. The van der Waals surface area contributed by atoms with E-state index < -0.39 is 0 Å². The first-order valence-electron chi connectivity index (χ1n) is 8.43. The predicted molar refractivity (Wildman–Crippen MR) is 85.4 cm³/mol. The Kier molecular flexibility index (Phi) is 4.99. The standard InChI is InChI=1S/C17H29N3O/c1-15-14-19(12-13-21-15)10-11-20-9-4-3-6-17(20)16-7-5-8-18(16)2/h5,7-8,15,17H,3-4,6,9-14H2,1-2H3/t15-,17-/m1/s1. The maximum atomic E-state index is 5.64. The largest absolute Gasteiger partial charge is 0.376 e. The quantitative estimate of drug-likeness (QED) is 0.849. The van der Waals surface area contributed by atoms with Gasteiger partial charge in [0.15, 0.2) is 0 Å². The number of hydrogen-bond donors (Lipinski definition) is 0. The van der Waals surface area contributed by atoms with E-state index >= 15 is 0 Å². The number of nitrogens with zero attached hydrogens (tertiary/aromatic N) is 3. The monoisotopic (exact) mass is 291 g/mol. The van der Waals surface area contributed by atoms with Crippen molar-refractivity contribution in [2.24, 2.45) is 7.05 Å². The lowest BCUT2D eigenvalue weighted by molar-refractivity contribution is -0.0229. The minimum Gasteiger partial charge on any atom is -0.376 e. The number of aromatic nitrogens is 1. The normalized spacial score (nSPS) is 28.9. The zero-order valence-electron chi connectivity index (χ0n) is 13.5. The third-order valence-corrected chi connectivity index (χ3v) is 4.97. The number of morpholine rings is 1. The molecule has 118 valence electrons. The van der Waals surface area contributed by atoms with E-state index in [9.17, 15) is 0 Å². The second-order valence-electron chi connectivity index (χ2n) is 6.57. The highest BCUT2D eigenvalue weighted by atomic mass is 16.5. The van der Waals surface area contributed by atoms with Gasteiger partial charge in [0, 0.05) is 45.1 Å². The second-order valence-corrected chi connectivity index (χ2v) is 6.57. The summed E-state index contributed by atoms with van der Waals surface area (Å²) in [6, 6.07) is 5.07. The molecule has 0 N–H and O–H groups in total. The topological polar surface area (TPSA) is 20.6 Å². The summed E-state index contributed by atoms with van der Waals surface area (Å²) >= 11 is 0. The molecule has 0 unspecified atom stereocenters. The van der Waals surface area contributed by atoms with E-state index in [0.717, 1.165) is 19.7 Å². The molecule has 4 heteroatoms. The first-order valence-corrected chi connectivity index (χ1v) is 8.43. The Bertz CT molecular complexity index is 445. The molecule has 0 amide bonds. The zero-order chi connectivity index (χ0) is 14.7. The molecule has 2 aliphatic rings. The van der Waals surface area contributed by atoms with Crippen LogP contribution in [0.1, 0.15) is 37.9 Å². The molecule has 0 bridgehead atoms. The Labute approximate surface area is 128 Å². The Morgan fingerprint density at radius 3 is 2.90 bits per heavy atom. The van der Waals surface area contributed by atoms with Crippen molar-refractivity contribution in [1.82, 2.24) is 14.4 Å². The van der Waals surface area contributed by atoms with Crippen LogP contribution in [0.4, 0.5) is 0 Å². The lowest BCUT2D eigenvalue weighted by Gasteiger charge is -2.38. The Morgan fingerprint density at radius 2 is 2.14 bits per heavy atom. The van der Waals surface area contributed by atoms with Crippen molar-refractivity contribution in [3.8, 4) is 0 Å². The summed E-state index contributed by atoms with van der Waals surface area (Å²) in [6.07, 6.45) is 6.58. The summed E-state index contributed by atoms with van der Waals surface area (Å²) in [4.78, 5) is 5.25. The highest BCUT2D eigenvalue weighted by Gasteiger charge is 2.26. The molecule has 1 aromatic heterocycles. The molecule has 3 rings (SSSR count). The Balaban J connectivity index is 1.58. The van der Waals surface area contributed by atoms with Crippen LogP contribution in [0.25, 0.3) is 0 Å². The van der Waals surface area contributed by atoms with Crippen LogP contribution < -0.4 is 0 Å². The van der Waals surface area contributed by atoms with Crippen molar-refractivity contribution < 1.29 is 4.74 Å². The second kappa shape index (κ2) is 6.95. The molecular formula is C17H29N3O. The molecule has 4 nitrogen and oxygen atoms in total. The van der Waals surface area contributed by atoms with Crippen LogP contribution in [0.5, 0.6) is 0 Å². The zero-order valence-corrected chi connectivity index (χ0v) is 13.5. The van der Waals surface area contributed by atoms with E-state index in [2.05, 4.69) is 46.7 Å². The molecule has 3 heterocycles. The number of hydrogen-bond acceptors (Lipinski definition) is 3. The average molecular weight is 291 g/mol. The highest BCUT2D eigenvalue weighted by Crippen LogP contribution is 2.30. The van der Waals surface area contributed by atoms with Crippen LogP contribution in [0.2, 0.25) is 0 Å². The summed E-state index contributed by atoms with van der Waals surface area (Å²) in [6.45, 7) is 8.85. The van der Waals surface area contributed by atoms with E-state index in [-0.39, 0.29) is 0 Å². The number of likely N-dealkylation sites (tertiary alicyclic amines) is 1. The lowest BCUT2D eigenvalue weighted by Crippen LogP contribution is -2.46. The van der Waals surface area contributed by atoms with Gasteiger partial charge in [-0.1, -0.05) is 6.42 Å². The van der Waals surface area contributed by atoms with Gasteiger partial charge in [-0.25, -0.2) is 0 Å². The number of aryl methyl sites for hydroxylation is 1. The summed E-state index contributed by atoms with van der Waals surface area (Å²) in [5.74, 6) is 0. The summed E-state index contributed by atoms with van der Waals surface area (Å²) in [7, 11) is 2.17. The maximum absolute atomic E-state index is 5.64. The van der Waals surface area contributed by atoms with Gasteiger partial charge in [-0.2, -0.15) is 0 Å². The van der Waals surface area contributed by atoms with Crippen molar-refractivity contribution in [1.29, 1.82) is 0 Å². The van der Waals surface area contributed by atoms with Crippen LogP contribution in [0.15, 0.2) is 18.3 Å². The fraction of sp³-hybridized carbons (Fsp3) is 0.765. The molecule has 0 saturated carbocycles. The van der Waals surface area contributed by atoms with Gasteiger partial charge in [-0.3, -0.25) is 9.80 Å². The lowest BCUT2D eigenvalue weighted by atomic mass is 9.99. The molecule has 0 aliphatic carbocycles. The van der Waals surface area contributed by atoms with E-state index in [4.69, 9.17) is 4.74 Å². The molecule has 0 aromatic carbocycles. The van der Waals surface area contributed by atoms with E-state index in [1.54, 1.807) is 0 Å². The molecule has 2 fully saturated rings. The first-order chi connectivity index (χ1) is 10.2. The SMILES string of the molecule is C[C@@H]1CN(CCN2CCCC[C@@H]2c2cccn2C)CCO1. The van der Waals surface area contributed by atoms with E-state index in [1.165, 1.54) is 44.6 Å². The molecule has 1 aromatic rings. The van der Waals surface area contributed by atoms with Crippen molar-refractivity contribution >= 4 is 0 Å². The minimum atomic E-state index is 0.392. The third kappa shape index (κ3) is 3.68. The summed E-state index contributed by atoms with van der Waals surface area (Å²) < 4.78 is 7.93. The van der Waals surface area contributed by atoms with Gasteiger partial charge >= 0.3 is 0 Å². The summed E-state index contributed by atoms with van der Waals surface area (Å²) in [5.41, 5.74) is 1.48. The number of piperidine rings is 1. The Hall–Kier alpha value is -0.840. The van der Waals surface area contributed by atoms with Gasteiger partial charge in [-0.15, -0.1) is 0 Å². The number of rotatable bonds is 4. The smallest absolute Gasteiger partial charge is 0.0674 e. The van der Waals surface area contributed by atoms with E-state index in [0.29, 0.717) is 12.1 Å². The molecule has 2 atom stereocenters. The molecule has 0 radical (unpaired) electrons. The van der Waals surface area contributed by atoms with Crippen molar-refractivity contribution in [3.05, 3.63) is 24.0 Å². The Morgan fingerprint density at radius 1 is 1.24 bits per heavy atom. The van der Waals surface area contributed by atoms with E-state index in [1.807, 2.05) is 0 Å².